The van der Waals surface area contributed by atoms with Gasteiger partial charge in [-0.25, -0.2) is 9.97 Å². The molecule has 0 bridgehead atoms. The monoisotopic (exact) mass is 421 g/mol. The molecule has 1 aromatic heterocycles. The van der Waals surface area contributed by atoms with E-state index in [1.807, 2.05) is 18.2 Å². The number of piperazine rings is 1. The third-order valence-corrected chi connectivity index (χ3v) is 5.20. The van der Waals surface area contributed by atoms with Crippen molar-refractivity contribution in [2.45, 2.75) is 6.54 Å². The number of benzene rings is 1. The Morgan fingerprint density at radius 1 is 1.11 bits per heavy atom. The van der Waals surface area contributed by atoms with Gasteiger partial charge in [0.2, 0.25) is 5.95 Å². The average Bonchev–Trinajstić information content (AvgIpc) is 2.73. The summed E-state index contributed by atoms with van der Waals surface area (Å²) in [5, 5.41) is 7.91. The van der Waals surface area contributed by atoms with E-state index in [1.54, 1.807) is 25.5 Å². The van der Waals surface area contributed by atoms with Crippen LogP contribution in [0.25, 0.3) is 0 Å². The normalized spacial score (nSPS) is 15.5. The number of guanidine groups is 1. The van der Waals surface area contributed by atoms with Crippen LogP contribution in [0.4, 0.5) is 5.95 Å². The standard InChI is InChI=1S/C19H25Cl2N7/c1-22-18(26-14-15-3-4-16(20)13-17(15)21)23-7-8-27-9-11-28(12-10-27)19-24-5-2-6-25-19/h2-6,13H,7-12,14H2,1H3,(H2,22,23,26). The van der Waals surface area contributed by atoms with Gasteiger partial charge in [0.15, 0.2) is 5.96 Å². The van der Waals surface area contributed by atoms with Crippen LogP contribution in [-0.4, -0.2) is 67.1 Å². The zero-order valence-corrected chi connectivity index (χ0v) is 17.4. The highest BCUT2D eigenvalue weighted by Gasteiger charge is 2.18. The number of aromatic nitrogens is 2. The number of anilines is 1. The molecule has 1 aliphatic heterocycles. The van der Waals surface area contributed by atoms with Crippen LogP contribution in [0.2, 0.25) is 10.0 Å². The molecule has 0 saturated carbocycles. The Morgan fingerprint density at radius 2 is 1.86 bits per heavy atom. The van der Waals surface area contributed by atoms with Crippen LogP contribution in [0.3, 0.4) is 0 Å². The largest absolute Gasteiger partial charge is 0.355 e. The summed E-state index contributed by atoms with van der Waals surface area (Å²) in [7, 11) is 1.76. The van der Waals surface area contributed by atoms with Gasteiger partial charge < -0.3 is 15.5 Å². The fraction of sp³-hybridized carbons (Fsp3) is 0.421. The predicted octanol–water partition coefficient (Wildman–Crippen LogP) is 2.27. The van der Waals surface area contributed by atoms with E-state index < -0.39 is 0 Å². The molecule has 0 radical (unpaired) electrons. The molecule has 0 spiro atoms. The van der Waals surface area contributed by atoms with Gasteiger partial charge in [0.25, 0.3) is 0 Å². The molecule has 0 aliphatic carbocycles. The van der Waals surface area contributed by atoms with Gasteiger partial charge >= 0.3 is 0 Å². The van der Waals surface area contributed by atoms with Crippen molar-refractivity contribution in [1.82, 2.24) is 25.5 Å². The third kappa shape index (κ3) is 5.95. The second-order valence-corrected chi connectivity index (χ2v) is 7.31. The molecule has 0 atom stereocenters. The first kappa shape index (κ1) is 20.6. The van der Waals surface area contributed by atoms with Crippen LogP contribution in [0.15, 0.2) is 41.7 Å². The lowest BCUT2D eigenvalue weighted by molar-refractivity contribution is 0.260. The van der Waals surface area contributed by atoms with Gasteiger partial charge in [0.05, 0.1) is 0 Å². The fourth-order valence-electron chi connectivity index (χ4n) is 3.02. The Bertz CT molecular complexity index is 777. The van der Waals surface area contributed by atoms with Crippen molar-refractivity contribution in [3.8, 4) is 0 Å². The van der Waals surface area contributed by atoms with Crippen LogP contribution in [-0.2, 0) is 6.54 Å². The second-order valence-electron chi connectivity index (χ2n) is 6.47. The van der Waals surface area contributed by atoms with Crippen molar-refractivity contribution >= 4 is 35.1 Å². The van der Waals surface area contributed by atoms with Crippen molar-refractivity contribution in [3.05, 3.63) is 52.3 Å². The molecule has 150 valence electrons. The highest BCUT2D eigenvalue weighted by atomic mass is 35.5. The first-order valence-electron chi connectivity index (χ1n) is 9.28. The molecule has 7 nitrogen and oxygen atoms in total. The van der Waals surface area contributed by atoms with E-state index in [1.165, 1.54) is 0 Å². The summed E-state index contributed by atoms with van der Waals surface area (Å²) in [5.41, 5.74) is 0.980. The number of hydrogen-bond donors (Lipinski definition) is 2. The molecule has 1 fully saturated rings. The quantitative estimate of drug-likeness (QED) is 0.550. The van der Waals surface area contributed by atoms with E-state index in [-0.39, 0.29) is 0 Å². The number of halogens is 2. The van der Waals surface area contributed by atoms with Gasteiger partial charge in [-0.2, -0.15) is 0 Å². The third-order valence-electron chi connectivity index (χ3n) is 4.61. The molecule has 0 unspecified atom stereocenters. The Morgan fingerprint density at radius 3 is 2.54 bits per heavy atom. The van der Waals surface area contributed by atoms with Crippen LogP contribution >= 0.6 is 23.2 Å². The molecule has 1 aromatic carbocycles. The minimum atomic E-state index is 0.589. The van der Waals surface area contributed by atoms with E-state index in [9.17, 15) is 0 Å². The molecule has 2 heterocycles. The number of nitrogens with one attached hydrogen (secondary N) is 2. The molecule has 1 aliphatic rings. The second kappa shape index (κ2) is 10.5. The lowest BCUT2D eigenvalue weighted by atomic mass is 10.2. The summed E-state index contributed by atoms with van der Waals surface area (Å²) in [6.07, 6.45) is 3.57. The molecule has 1 saturated heterocycles. The first-order valence-corrected chi connectivity index (χ1v) is 10.0. The topological polar surface area (TPSA) is 68.7 Å². The predicted molar refractivity (Wildman–Crippen MR) is 115 cm³/mol. The van der Waals surface area contributed by atoms with E-state index in [4.69, 9.17) is 23.2 Å². The Hall–Kier alpha value is -2.09. The van der Waals surface area contributed by atoms with Crippen LogP contribution in [0.1, 0.15) is 5.56 Å². The molecular weight excluding hydrogens is 397 g/mol. The van der Waals surface area contributed by atoms with Crippen LogP contribution in [0.5, 0.6) is 0 Å². The van der Waals surface area contributed by atoms with Gasteiger partial charge in [-0.3, -0.25) is 9.89 Å². The molecule has 28 heavy (non-hydrogen) atoms. The smallest absolute Gasteiger partial charge is 0.225 e. The Labute approximate surface area is 175 Å². The van der Waals surface area contributed by atoms with Crippen molar-refractivity contribution in [2.75, 3.05) is 51.2 Å². The average molecular weight is 422 g/mol. The highest BCUT2D eigenvalue weighted by Crippen LogP contribution is 2.20. The summed E-state index contributed by atoms with van der Waals surface area (Å²) in [4.78, 5) is 17.6. The summed E-state index contributed by atoms with van der Waals surface area (Å²) in [6, 6.07) is 7.34. The molecular formula is C19H25Cl2N7. The van der Waals surface area contributed by atoms with Crippen molar-refractivity contribution in [2.24, 2.45) is 4.99 Å². The Balaban J connectivity index is 1.37. The summed E-state index contributed by atoms with van der Waals surface area (Å²) < 4.78 is 0. The molecule has 0 amide bonds. The summed E-state index contributed by atoms with van der Waals surface area (Å²) in [6.45, 7) is 6.21. The minimum Gasteiger partial charge on any atom is -0.355 e. The van der Waals surface area contributed by atoms with Gasteiger partial charge in [0.1, 0.15) is 0 Å². The zero-order chi connectivity index (χ0) is 19.8. The molecule has 3 rings (SSSR count). The molecule has 2 aromatic rings. The van der Waals surface area contributed by atoms with Crippen molar-refractivity contribution < 1.29 is 0 Å². The number of nitrogens with zero attached hydrogens (tertiary/aromatic N) is 5. The van der Waals surface area contributed by atoms with Crippen LogP contribution in [0, 0.1) is 0 Å². The van der Waals surface area contributed by atoms with E-state index in [0.29, 0.717) is 16.6 Å². The number of aliphatic imine (C=N–C) groups is 1. The molecule has 9 heteroatoms. The maximum absolute atomic E-state index is 6.21. The summed E-state index contributed by atoms with van der Waals surface area (Å²) in [5.74, 6) is 1.56. The molecule has 2 N–H and O–H groups in total. The minimum absolute atomic E-state index is 0.589. The fourth-order valence-corrected chi connectivity index (χ4v) is 3.50. The number of rotatable bonds is 6. The van der Waals surface area contributed by atoms with Gasteiger partial charge in [-0.05, 0) is 23.8 Å². The van der Waals surface area contributed by atoms with E-state index in [0.717, 1.165) is 56.7 Å². The van der Waals surface area contributed by atoms with Crippen molar-refractivity contribution in [3.63, 3.8) is 0 Å². The highest BCUT2D eigenvalue weighted by molar-refractivity contribution is 6.35. The first-order chi connectivity index (χ1) is 13.7. The maximum atomic E-state index is 6.21. The van der Waals surface area contributed by atoms with Crippen LogP contribution < -0.4 is 15.5 Å². The number of hydrogen-bond acceptors (Lipinski definition) is 5. The lowest BCUT2D eigenvalue weighted by Crippen LogP contribution is -2.49. The lowest BCUT2D eigenvalue weighted by Gasteiger charge is -2.34. The van der Waals surface area contributed by atoms with Gasteiger partial charge in [-0.1, -0.05) is 29.3 Å². The SMILES string of the molecule is CN=C(NCCN1CCN(c2ncccn2)CC1)NCc1ccc(Cl)cc1Cl. The summed E-state index contributed by atoms with van der Waals surface area (Å²) >= 11 is 12.2. The van der Waals surface area contributed by atoms with E-state index >= 15 is 0 Å². The Kier molecular flexibility index (Phi) is 7.71. The maximum Gasteiger partial charge on any atom is 0.225 e. The zero-order valence-electron chi connectivity index (χ0n) is 15.9. The van der Waals surface area contributed by atoms with Gasteiger partial charge in [0, 0.05) is 75.3 Å². The van der Waals surface area contributed by atoms with Crippen molar-refractivity contribution in [1.29, 1.82) is 0 Å². The van der Waals surface area contributed by atoms with E-state index in [2.05, 4.69) is 35.4 Å². The van der Waals surface area contributed by atoms with Gasteiger partial charge in [-0.15, -0.1) is 0 Å².